The first-order valence-corrected chi connectivity index (χ1v) is 8.40. The predicted octanol–water partition coefficient (Wildman–Crippen LogP) is 1.23. The van der Waals surface area contributed by atoms with Gasteiger partial charge in [-0.15, -0.1) is 0 Å². The van der Waals surface area contributed by atoms with E-state index in [2.05, 4.69) is 15.0 Å². The van der Waals surface area contributed by atoms with Crippen molar-refractivity contribution in [2.75, 3.05) is 12.8 Å². The van der Waals surface area contributed by atoms with Gasteiger partial charge in [-0.3, -0.25) is 4.79 Å². The molecule has 7 heteroatoms. The molecule has 0 aliphatic heterocycles. The third kappa shape index (κ3) is 4.30. The maximum Gasteiger partial charge on any atom is 0.251 e. The summed E-state index contributed by atoms with van der Waals surface area (Å²) in [5.41, 5.74) is 0.754. The quantitative estimate of drug-likeness (QED) is 0.775. The SMILES string of the molecule is CC(C)(CNC(=O)c1ccc2[nH]ccc2c1)NS(C)(=O)=O. The molecule has 0 bridgehead atoms. The van der Waals surface area contributed by atoms with Crippen LogP contribution in [-0.2, 0) is 10.0 Å². The van der Waals surface area contributed by atoms with Crippen LogP contribution >= 0.6 is 0 Å². The Morgan fingerprint density at radius 1 is 1.29 bits per heavy atom. The van der Waals surface area contributed by atoms with Gasteiger partial charge in [0, 0.05) is 34.7 Å². The number of fused-ring (bicyclic) bond motifs is 1. The monoisotopic (exact) mass is 309 g/mol. The minimum atomic E-state index is -3.32. The predicted molar refractivity (Wildman–Crippen MR) is 82.7 cm³/mol. The summed E-state index contributed by atoms with van der Waals surface area (Å²) < 4.78 is 25.0. The van der Waals surface area contributed by atoms with Gasteiger partial charge in [0.2, 0.25) is 10.0 Å². The summed E-state index contributed by atoms with van der Waals surface area (Å²) in [7, 11) is -3.32. The Kier molecular flexibility index (Phi) is 4.06. The number of hydrogen-bond acceptors (Lipinski definition) is 3. The van der Waals surface area contributed by atoms with E-state index >= 15 is 0 Å². The van der Waals surface area contributed by atoms with Crippen molar-refractivity contribution in [2.24, 2.45) is 0 Å². The minimum absolute atomic E-state index is 0.198. The summed E-state index contributed by atoms with van der Waals surface area (Å²) in [6.45, 7) is 3.62. The van der Waals surface area contributed by atoms with Crippen molar-refractivity contribution in [3.63, 3.8) is 0 Å². The number of nitrogens with one attached hydrogen (secondary N) is 3. The van der Waals surface area contributed by atoms with E-state index in [-0.39, 0.29) is 12.5 Å². The van der Waals surface area contributed by atoms with Crippen LogP contribution in [0.25, 0.3) is 10.9 Å². The zero-order chi connectivity index (χ0) is 15.7. The summed E-state index contributed by atoms with van der Waals surface area (Å²) >= 11 is 0. The Hall–Kier alpha value is -1.86. The van der Waals surface area contributed by atoms with Gasteiger partial charge in [0.15, 0.2) is 0 Å². The maximum atomic E-state index is 12.1. The van der Waals surface area contributed by atoms with Crippen LogP contribution in [0.4, 0.5) is 0 Å². The molecule has 6 nitrogen and oxygen atoms in total. The lowest BCUT2D eigenvalue weighted by atomic mass is 10.1. The number of aromatic nitrogens is 1. The van der Waals surface area contributed by atoms with Gasteiger partial charge in [-0.1, -0.05) is 0 Å². The number of hydrogen-bond donors (Lipinski definition) is 3. The van der Waals surface area contributed by atoms with Gasteiger partial charge >= 0.3 is 0 Å². The maximum absolute atomic E-state index is 12.1. The number of H-pyrrole nitrogens is 1. The Labute approximate surface area is 124 Å². The molecule has 2 rings (SSSR count). The molecule has 1 aromatic carbocycles. The summed E-state index contributed by atoms with van der Waals surface area (Å²) in [5.74, 6) is -0.235. The van der Waals surface area contributed by atoms with Gasteiger partial charge in [0.1, 0.15) is 0 Å². The normalized spacial score (nSPS) is 12.5. The van der Waals surface area contributed by atoms with Crippen LogP contribution < -0.4 is 10.0 Å². The molecule has 0 saturated heterocycles. The molecule has 1 heterocycles. The fraction of sp³-hybridized carbons (Fsp3) is 0.357. The summed E-state index contributed by atoms with van der Waals surface area (Å²) in [6.07, 6.45) is 2.90. The van der Waals surface area contributed by atoms with Gasteiger partial charge in [-0.2, -0.15) is 0 Å². The van der Waals surface area contributed by atoms with Crippen molar-refractivity contribution in [1.82, 2.24) is 15.0 Å². The largest absolute Gasteiger partial charge is 0.361 e. The molecule has 1 aromatic heterocycles. The molecular weight excluding hydrogens is 290 g/mol. The highest BCUT2D eigenvalue weighted by molar-refractivity contribution is 7.88. The topological polar surface area (TPSA) is 91.1 Å². The number of carbonyl (C=O) groups is 1. The van der Waals surface area contributed by atoms with Crippen molar-refractivity contribution in [2.45, 2.75) is 19.4 Å². The molecule has 1 amide bonds. The molecule has 3 N–H and O–H groups in total. The first-order chi connectivity index (χ1) is 9.66. The Balaban J connectivity index is 2.04. The summed E-state index contributed by atoms with van der Waals surface area (Å²) in [5, 5.41) is 3.70. The smallest absolute Gasteiger partial charge is 0.251 e. The number of sulfonamides is 1. The van der Waals surface area contributed by atoms with E-state index in [1.54, 1.807) is 26.0 Å². The fourth-order valence-corrected chi connectivity index (χ4v) is 3.21. The van der Waals surface area contributed by atoms with Gasteiger partial charge in [-0.25, -0.2) is 13.1 Å². The second-order valence-electron chi connectivity index (χ2n) is 5.72. The molecule has 114 valence electrons. The number of rotatable bonds is 5. The van der Waals surface area contributed by atoms with Gasteiger partial charge in [-0.05, 0) is 38.1 Å². The lowest BCUT2D eigenvalue weighted by Crippen LogP contribution is -2.51. The molecular formula is C14H19N3O3S. The summed E-state index contributed by atoms with van der Waals surface area (Å²) in [6, 6.07) is 7.24. The van der Waals surface area contributed by atoms with Gasteiger partial charge in [0.25, 0.3) is 5.91 Å². The molecule has 0 radical (unpaired) electrons. The van der Waals surface area contributed by atoms with Gasteiger partial charge < -0.3 is 10.3 Å². The van der Waals surface area contributed by atoms with Crippen LogP contribution in [0.3, 0.4) is 0 Å². The number of benzene rings is 1. The van der Waals surface area contributed by atoms with Crippen molar-refractivity contribution < 1.29 is 13.2 Å². The van der Waals surface area contributed by atoms with Crippen LogP contribution in [0, 0.1) is 0 Å². The number of carbonyl (C=O) groups excluding carboxylic acids is 1. The number of amides is 1. The Morgan fingerprint density at radius 3 is 2.67 bits per heavy atom. The highest BCUT2D eigenvalue weighted by Gasteiger charge is 2.23. The fourth-order valence-electron chi connectivity index (χ4n) is 2.14. The van der Waals surface area contributed by atoms with E-state index in [9.17, 15) is 13.2 Å². The van der Waals surface area contributed by atoms with Crippen LogP contribution in [0.1, 0.15) is 24.2 Å². The molecule has 0 aliphatic rings. The van der Waals surface area contributed by atoms with Crippen molar-refractivity contribution >= 4 is 26.8 Å². The van der Waals surface area contributed by atoms with E-state index < -0.39 is 15.6 Å². The van der Waals surface area contributed by atoms with Crippen LogP contribution in [-0.4, -0.2) is 37.6 Å². The Bertz CT molecular complexity index is 763. The third-order valence-corrected chi connectivity index (χ3v) is 3.89. The molecule has 0 fully saturated rings. The lowest BCUT2D eigenvalue weighted by molar-refractivity contribution is 0.0944. The number of aromatic amines is 1. The summed E-state index contributed by atoms with van der Waals surface area (Å²) in [4.78, 5) is 15.2. The zero-order valence-corrected chi connectivity index (χ0v) is 13.0. The second kappa shape index (κ2) is 5.50. The molecule has 0 saturated carbocycles. The second-order valence-corrected chi connectivity index (χ2v) is 7.47. The van der Waals surface area contributed by atoms with E-state index in [4.69, 9.17) is 0 Å². The average Bonchev–Trinajstić information content (AvgIpc) is 2.80. The average molecular weight is 309 g/mol. The molecule has 0 spiro atoms. The van der Waals surface area contributed by atoms with Crippen LogP contribution in [0.5, 0.6) is 0 Å². The van der Waals surface area contributed by atoms with E-state index in [1.165, 1.54) is 0 Å². The molecule has 0 atom stereocenters. The highest BCUT2D eigenvalue weighted by atomic mass is 32.2. The lowest BCUT2D eigenvalue weighted by Gasteiger charge is -2.25. The van der Waals surface area contributed by atoms with Crippen molar-refractivity contribution in [1.29, 1.82) is 0 Å². The first kappa shape index (κ1) is 15.5. The van der Waals surface area contributed by atoms with E-state index in [1.807, 2.05) is 18.3 Å². The van der Waals surface area contributed by atoms with Crippen LogP contribution in [0.2, 0.25) is 0 Å². The first-order valence-electron chi connectivity index (χ1n) is 6.51. The molecule has 2 aromatic rings. The Morgan fingerprint density at radius 2 is 2.00 bits per heavy atom. The minimum Gasteiger partial charge on any atom is -0.361 e. The standard InChI is InChI=1S/C14H19N3O3S/c1-14(2,17-21(3,19)20)9-16-13(18)11-4-5-12-10(8-11)6-7-15-12/h4-8,15,17H,9H2,1-3H3,(H,16,18). The molecule has 21 heavy (non-hydrogen) atoms. The van der Waals surface area contributed by atoms with E-state index in [0.717, 1.165) is 17.2 Å². The molecule has 0 unspecified atom stereocenters. The highest BCUT2D eigenvalue weighted by Crippen LogP contribution is 2.14. The zero-order valence-electron chi connectivity index (χ0n) is 12.2. The van der Waals surface area contributed by atoms with Crippen molar-refractivity contribution in [3.8, 4) is 0 Å². The van der Waals surface area contributed by atoms with Gasteiger partial charge in [0.05, 0.1) is 6.26 Å². The third-order valence-electron chi connectivity index (χ3n) is 2.97. The molecule has 0 aliphatic carbocycles. The van der Waals surface area contributed by atoms with Crippen LogP contribution in [0.15, 0.2) is 30.5 Å². The van der Waals surface area contributed by atoms with E-state index in [0.29, 0.717) is 5.56 Å². The van der Waals surface area contributed by atoms with Crippen molar-refractivity contribution in [3.05, 3.63) is 36.0 Å².